The van der Waals surface area contributed by atoms with Gasteiger partial charge in [0.25, 0.3) is 5.89 Å². The fraction of sp³-hybridized carbons (Fsp3) is 0.348. The SMILES string of the molecule is Cc1ccc2nc(COCC(=O)N3CCCC(c4noc(-c5cccnc5)n4)C3)[nH]c2c1. The van der Waals surface area contributed by atoms with Crippen LogP contribution in [0.4, 0.5) is 0 Å². The summed E-state index contributed by atoms with van der Waals surface area (Å²) in [7, 11) is 0. The number of H-pyrrole nitrogens is 1. The number of ether oxygens (including phenoxy) is 1. The van der Waals surface area contributed by atoms with Crippen LogP contribution in [0.5, 0.6) is 0 Å². The summed E-state index contributed by atoms with van der Waals surface area (Å²) in [6.45, 7) is 3.56. The van der Waals surface area contributed by atoms with E-state index in [0.717, 1.165) is 35.0 Å². The van der Waals surface area contributed by atoms with Crippen molar-refractivity contribution in [2.75, 3.05) is 19.7 Å². The zero-order valence-corrected chi connectivity index (χ0v) is 17.8. The lowest BCUT2D eigenvalue weighted by molar-refractivity contribution is -0.137. The average molecular weight is 432 g/mol. The minimum Gasteiger partial charge on any atom is -0.364 e. The number of fused-ring (bicyclic) bond motifs is 1. The second kappa shape index (κ2) is 8.88. The maximum absolute atomic E-state index is 12.7. The number of hydrogen-bond donors (Lipinski definition) is 1. The quantitative estimate of drug-likeness (QED) is 0.498. The Morgan fingerprint density at radius 1 is 1.31 bits per heavy atom. The molecule has 5 rings (SSSR count). The highest BCUT2D eigenvalue weighted by Crippen LogP contribution is 2.27. The third kappa shape index (κ3) is 4.38. The third-order valence-electron chi connectivity index (χ3n) is 5.64. The van der Waals surface area contributed by atoms with Crippen LogP contribution in [0.15, 0.2) is 47.2 Å². The number of aromatic amines is 1. The van der Waals surface area contributed by atoms with Gasteiger partial charge in [-0.3, -0.25) is 9.78 Å². The van der Waals surface area contributed by atoms with Gasteiger partial charge in [0.2, 0.25) is 5.91 Å². The number of aryl methyl sites for hydroxylation is 1. The van der Waals surface area contributed by atoms with E-state index in [1.54, 1.807) is 12.4 Å². The summed E-state index contributed by atoms with van der Waals surface area (Å²) >= 11 is 0. The molecule has 3 aromatic heterocycles. The number of rotatable bonds is 6. The maximum atomic E-state index is 12.7. The Morgan fingerprint density at radius 3 is 3.12 bits per heavy atom. The summed E-state index contributed by atoms with van der Waals surface area (Å²) in [4.78, 5) is 30.9. The van der Waals surface area contributed by atoms with Gasteiger partial charge in [0.15, 0.2) is 5.82 Å². The van der Waals surface area contributed by atoms with Gasteiger partial charge in [0.1, 0.15) is 19.0 Å². The fourth-order valence-electron chi connectivity index (χ4n) is 3.99. The predicted molar refractivity (Wildman–Crippen MR) is 117 cm³/mol. The number of likely N-dealkylation sites (tertiary alicyclic amines) is 1. The van der Waals surface area contributed by atoms with E-state index in [9.17, 15) is 4.79 Å². The minimum absolute atomic E-state index is 0.00989. The highest BCUT2D eigenvalue weighted by atomic mass is 16.5. The van der Waals surface area contributed by atoms with Crippen LogP contribution >= 0.6 is 0 Å². The summed E-state index contributed by atoms with van der Waals surface area (Å²) in [6, 6.07) is 9.74. The second-order valence-corrected chi connectivity index (χ2v) is 8.08. The number of amides is 1. The highest BCUT2D eigenvalue weighted by molar-refractivity contribution is 5.78. The molecule has 4 heterocycles. The highest BCUT2D eigenvalue weighted by Gasteiger charge is 2.28. The normalized spacial score (nSPS) is 16.5. The summed E-state index contributed by atoms with van der Waals surface area (Å²) < 4.78 is 11.1. The molecule has 164 valence electrons. The molecule has 0 spiro atoms. The Bertz CT molecular complexity index is 1220. The number of aromatic nitrogens is 5. The van der Waals surface area contributed by atoms with E-state index >= 15 is 0 Å². The number of piperidine rings is 1. The van der Waals surface area contributed by atoms with E-state index in [0.29, 0.717) is 30.6 Å². The predicted octanol–water partition coefficient (Wildman–Crippen LogP) is 3.24. The number of nitrogens with zero attached hydrogens (tertiary/aromatic N) is 5. The summed E-state index contributed by atoms with van der Waals surface area (Å²) in [5.74, 6) is 1.78. The average Bonchev–Trinajstić information content (AvgIpc) is 3.47. The molecule has 1 aromatic carbocycles. The number of hydrogen-bond acceptors (Lipinski definition) is 7. The molecule has 1 N–H and O–H groups in total. The molecule has 4 aromatic rings. The number of nitrogens with one attached hydrogen (secondary N) is 1. The second-order valence-electron chi connectivity index (χ2n) is 8.08. The molecule has 9 heteroatoms. The lowest BCUT2D eigenvalue weighted by Crippen LogP contribution is -2.41. The van der Waals surface area contributed by atoms with Crippen molar-refractivity contribution in [3.63, 3.8) is 0 Å². The van der Waals surface area contributed by atoms with Crippen molar-refractivity contribution in [3.05, 3.63) is 59.9 Å². The molecular formula is C23H24N6O3. The van der Waals surface area contributed by atoms with Crippen LogP contribution in [0, 0.1) is 6.92 Å². The van der Waals surface area contributed by atoms with E-state index in [1.165, 1.54) is 0 Å². The van der Waals surface area contributed by atoms with Gasteiger partial charge in [-0.25, -0.2) is 4.98 Å². The van der Waals surface area contributed by atoms with Crippen LogP contribution in [-0.4, -0.2) is 55.6 Å². The molecule has 1 atom stereocenters. The standard InChI is InChI=1S/C23H24N6O3/c1-15-6-7-18-19(10-15)26-20(25-18)13-31-14-21(30)29-9-3-5-17(12-29)22-27-23(32-28-22)16-4-2-8-24-11-16/h2,4,6-8,10-11,17H,3,5,9,12-14H2,1H3,(H,25,26). The van der Waals surface area contributed by atoms with E-state index in [1.807, 2.05) is 42.2 Å². The Morgan fingerprint density at radius 2 is 2.25 bits per heavy atom. The first-order chi connectivity index (χ1) is 15.7. The molecule has 1 amide bonds. The van der Waals surface area contributed by atoms with Gasteiger partial charge in [-0.2, -0.15) is 4.98 Å². The van der Waals surface area contributed by atoms with Crippen molar-refractivity contribution in [1.82, 2.24) is 30.0 Å². The van der Waals surface area contributed by atoms with Gasteiger partial charge in [-0.15, -0.1) is 0 Å². The monoisotopic (exact) mass is 432 g/mol. The molecule has 1 unspecified atom stereocenters. The molecule has 0 bridgehead atoms. The van der Waals surface area contributed by atoms with Gasteiger partial charge in [-0.05, 0) is 49.6 Å². The van der Waals surface area contributed by atoms with Crippen molar-refractivity contribution in [3.8, 4) is 11.5 Å². The molecular weight excluding hydrogens is 408 g/mol. The zero-order chi connectivity index (χ0) is 21.9. The molecule has 0 radical (unpaired) electrons. The van der Waals surface area contributed by atoms with Gasteiger partial charge < -0.3 is 19.1 Å². The third-order valence-corrected chi connectivity index (χ3v) is 5.64. The van der Waals surface area contributed by atoms with Crippen LogP contribution in [-0.2, 0) is 16.1 Å². The number of imidazole rings is 1. The van der Waals surface area contributed by atoms with Gasteiger partial charge in [0, 0.05) is 31.4 Å². The molecule has 32 heavy (non-hydrogen) atoms. The smallest absolute Gasteiger partial charge is 0.259 e. The largest absolute Gasteiger partial charge is 0.364 e. The topological polar surface area (TPSA) is 110 Å². The number of carbonyl (C=O) groups is 1. The summed E-state index contributed by atoms with van der Waals surface area (Å²) in [5.41, 5.74) is 3.81. The van der Waals surface area contributed by atoms with Crippen LogP contribution < -0.4 is 0 Å². The Balaban J connectivity index is 1.16. The van der Waals surface area contributed by atoms with E-state index in [2.05, 4.69) is 25.1 Å². The van der Waals surface area contributed by atoms with Gasteiger partial charge in [0.05, 0.1) is 16.6 Å². The van der Waals surface area contributed by atoms with Crippen LogP contribution in [0.2, 0.25) is 0 Å². The molecule has 1 fully saturated rings. The van der Waals surface area contributed by atoms with Crippen LogP contribution in [0.25, 0.3) is 22.5 Å². The minimum atomic E-state index is -0.0439. The zero-order valence-electron chi connectivity index (χ0n) is 17.8. The number of benzene rings is 1. The first-order valence-electron chi connectivity index (χ1n) is 10.7. The Labute approximate surface area is 184 Å². The summed E-state index contributed by atoms with van der Waals surface area (Å²) in [6.07, 6.45) is 5.18. The molecule has 1 aliphatic rings. The first kappa shape index (κ1) is 20.3. The van der Waals surface area contributed by atoms with Crippen LogP contribution in [0.3, 0.4) is 0 Å². The molecule has 9 nitrogen and oxygen atoms in total. The van der Waals surface area contributed by atoms with E-state index < -0.39 is 0 Å². The fourth-order valence-corrected chi connectivity index (χ4v) is 3.99. The van der Waals surface area contributed by atoms with Gasteiger partial charge in [-0.1, -0.05) is 11.2 Å². The maximum Gasteiger partial charge on any atom is 0.259 e. The van der Waals surface area contributed by atoms with E-state index in [4.69, 9.17) is 9.26 Å². The van der Waals surface area contributed by atoms with Crippen molar-refractivity contribution in [2.45, 2.75) is 32.3 Å². The molecule has 1 saturated heterocycles. The Kier molecular flexibility index (Phi) is 5.64. The first-order valence-corrected chi connectivity index (χ1v) is 10.7. The van der Waals surface area contributed by atoms with Crippen molar-refractivity contribution >= 4 is 16.9 Å². The van der Waals surface area contributed by atoms with Crippen molar-refractivity contribution in [1.29, 1.82) is 0 Å². The van der Waals surface area contributed by atoms with Gasteiger partial charge >= 0.3 is 0 Å². The summed E-state index contributed by atoms with van der Waals surface area (Å²) in [5, 5.41) is 4.14. The Hall–Kier alpha value is -3.59. The lowest BCUT2D eigenvalue weighted by atomic mass is 9.97. The molecule has 0 aliphatic carbocycles. The van der Waals surface area contributed by atoms with E-state index in [-0.39, 0.29) is 25.0 Å². The molecule has 1 aliphatic heterocycles. The number of carbonyl (C=O) groups excluding carboxylic acids is 1. The lowest BCUT2D eigenvalue weighted by Gasteiger charge is -2.31. The van der Waals surface area contributed by atoms with Crippen molar-refractivity contribution in [2.24, 2.45) is 0 Å². The number of pyridine rings is 1. The molecule has 0 saturated carbocycles. The van der Waals surface area contributed by atoms with Crippen molar-refractivity contribution < 1.29 is 14.1 Å². The van der Waals surface area contributed by atoms with Crippen LogP contribution in [0.1, 0.15) is 36.0 Å².